The topological polar surface area (TPSA) is 33.5 Å². The molecule has 0 spiro atoms. The average molecular weight is 1140 g/mol. The Hall–Kier alpha value is -7.98. The Morgan fingerprint density at radius 3 is 1.86 bits per heavy atom. The monoisotopic (exact) mass is 1140 g/mol. The maximum Gasteiger partial charge on any atom is 0.135 e. The molecule has 0 N–H and O–H groups in total. The smallest absolute Gasteiger partial charge is 0.135 e. The Kier molecular flexibility index (Phi) is 11.8. The number of ether oxygens (including phenoxy) is 1. The van der Waals surface area contributed by atoms with Crippen molar-refractivity contribution in [2.24, 2.45) is 0 Å². The summed E-state index contributed by atoms with van der Waals surface area (Å²) >= 11 is 0. The van der Waals surface area contributed by atoms with Crippen molar-refractivity contribution in [2.75, 3.05) is 9.80 Å². The molecular weight excluding hydrogens is 1080 g/mol. The van der Waals surface area contributed by atoms with Crippen LogP contribution in [0, 0.1) is 18.8 Å². The number of benzene rings is 9. The molecule has 0 radical (unpaired) electrons. The van der Waals surface area contributed by atoms with Gasteiger partial charge in [0.2, 0.25) is 0 Å². The third-order valence-electron chi connectivity index (χ3n) is 13.9. The molecule has 0 saturated carbocycles. The van der Waals surface area contributed by atoms with Crippen LogP contribution >= 0.6 is 0 Å². The first-order valence-electron chi connectivity index (χ1n) is 26.4. The third kappa shape index (κ3) is 9.01. The first-order chi connectivity index (χ1) is 36.7. The van der Waals surface area contributed by atoms with E-state index in [1.807, 2.05) is 72.4 Å². The van der Waals surface area contributed by atoms with Gasteiger partial charge in [-0.2, -0.15) is 12.1 Å². The molecule has 2 aromatic heterocycles. The van der Waals surface area contributed by atoms with E-state index in [1.165, 1.54) is 5.56 Å². The van der Waals surface area contributed by atoms with Gasteiger partial charge in [0.25, 0.3) is 0 Å². The van der Waals surface area contributed by atoms with Gasteiger partial charge in [0.1, 0.15) is 5.82 Å². The summed E-state index contributed by atoms with van der Waals surface area (Å²) in [5, 5.41) is 2.00. The minimum absolute atomic E-state index is 0. The summed E-state index contributed by atoms with van der Waals surface area (Å²) in [6.07, 6.45) is 1.97. The quantitative estimate of drug-likeness (QED) is 0.135. The number of para-hydroxylation sites is 4. The molecule has 74 heavy (non-hydrogen) atoms. The second-order valence-corrected chi connectivity index (χ2v) is 20.7. The number of rotatable bonds is 9. The van der Waals surface area contributed by atoms with Crippen molar-refractivity contribution in [3.63, 3.8) is 0 Å². The van der Waals surface area contributed by atoms with Gasteiger partial charge < -0.3 is 19.1 Å². The zero-order valence-corrected chi connectivity index (χ0v) is 44.4. The van der Waals surface area contributed by atoms with E-state index in [9.17, 15) is 4.11 Å². The van der Waals surface area contributed by atoms with Gasteiger partial charge in [-0.1, -0.05) is 199 Å². The van der Waals surface area contributed by atoms with Crippen molar-refractivity contribution < 1.29 is 29.9 Å². The molecule has 0 unspecified atom stereocenters. The summed E-state index contributed by atoms with van der Waals surface area (Å²) in [7, 11) is 0. The second-order valence-electron chi connectivity index (χ2n) is 20.7. The Bertz CT molecular complexity index is 4010. The number of hydrogen-bond acceptors (Lipinski definition) is 4. The van der Waals surface area contributed by atoms with E-state index < -0.39 is 0 Å². The first-order valence-corrected chi connectivity index (χ1v) is 24.9. The number of fused-ring (bicyclic) bond motifs is 4. The number of anilines is 4. The third-order valence-corrected chi connectivity index (χ3v) is 13.9. The molecule has 0 amide bonds. The van der Waals surface area contributed by atoms with Crippen LogP contribution in [0.5, 0.6) is 11.5 Å². The van der Waals surface area contributed by atoms with E-state index in [-0.39, 0.29) is 61.5 Å². The van der Waals surface area contributed by atoms with Crippen LogP contribution in [0.2, 0.25) is 0 Å². The van der Waals surface area contributed by atoms with Crippen molar-refractivity contribution in [1.29, 1.82) is 0 Å². The van der Waals surface area contributed by atoms with Crippen LogP contribution in [0.1, 0.15) is 56.8 Å². The predicted octanol–water partition coefficient (Wildman–Crippen LogP) is 18.2. The zero-order chi connectivity index (χ0) is 52.5. The molecule has 1 aliphatic heterocycles. The number of nitrogens with zero attached hydrogens (tertiary/aromatic N) is 4. The Morgan fingerprint density at radius 2 is 1.14 bits per heavy atom. The molecule has 3 heterocycles. The summed E-state index contributed by atoms with van der Waals surface area (Å²) in [6, 6.07) is 73.4. The summed E-state index contributed by atoms with van der Waals surface area (Å²) in [5.74, 6) is 1.09. The summed E-state index contributed by atoms with van der Waals surface area (Å²) in [4.78, 5) is 9.19. The molecule has 11 aromatic rings. The van der Waals surface area contributed by atoms with Gasteiger partial charge in [0.05, 0.1) is 0 Å². The number of aromatic nitrogens is 2. The van der Waals surface area contributed by atoms with E-state index >= 15 is 0 Å². The minimum atomic E-state index is -0.279. The van der Waals surface area contributed by atoms with Crippen LogP contribution in [0.4, 0.5) is 22.7 Å². The van der Waals surface area contributed by atoms with Crippen molar-refractivity contribution in [3.05, 3.63) is 248 Å². The predicted molar refractivity (Wildman–Crippen MR) is 303 cm³/mol. The van der Waals surface area contributed by atoms with E-state index in [0.29, 0.717) is 5.75 Å². The molecule has 6 heteroatoms. The van der Waals surface area contributed by atoms with Crippen LogP contribution in [0.15, 0.2) is 218 Å². The van der Waals surface area contributed by atoms with Gasteiger partial charge in [-0.05, 0) is 88.2 Å². The Labute approximate surface area is 453 Å². The molecule has 0 atom stereocenters. The molecule has 0 fully saturated rings. The maximum absolute atomic E-state index is 9.45. The fraction of sp³-hybridized carbons (Fsp3) is 0.118. The normalized spacial score (nSPS) is 13.1. The molecule has 0 saturated heterocycles. The molecule has 12 rings (SSSR count). The average Bonchev–Trinajstić information content (AvgIpc) is 4.07. The minimum Gasteiger partial charge on any atom is -0.509 e. The maximum atomic E-state index is 9.45. The van der Waals surface area contributed by atoms with Gasteiger partial charge in [-0.15, -0.1) is 48.0 Å². The molecule has 0 bridgehead atoms. The van der Waals surface area contributed by atoms with Crippen molar-refractivity contribution in [2.45, 2.75) is 52.4 Å². The number of pyridine rings is 1. The Morgan fingerprint density at radius 1 is 0.514 bits per heavy atom. The van der Waals surface area contributed by atoms with Crippen LogP contribution in [0.3, 0.4) is 0 Å². The Balaban J connectivity index is 0.00000631. The van der Waals surface area contributed by atoms with Crippen LogP contribution in [-0.4, -0.2) is 9.55 Å². The van der Waals surface area contributed by atoms with Crippen molar-refractivity contribution in [3.8, 4) is 61.8 Å². The SMILES string of the molecule is [2H]c1c(Oc2[c-]c3c(cc2)c2ccccc2n3-c2cc(C(C)(C)C)c(-c3ccccc3)cn2)[c-]c(N2[CH-]N(c3c(-c4ccc(C(C)(C)C)cc4)cccc3-c3cccc(-c4ccccc4)c3)c3ccccc32)c([2H])c1[2H].[Pt]. The van der Waals surface area contributed by atoms with Crippen LogP contribution < -0.4 is 14.5 Å². The molecule has 1 aliphatic rings. The summed E-state index contributed by atoms with van der Waals surface area (Å²) in [6.45, 7) is 15.3. The van der Waals surface area contributed by atoms with Crippen LogP contribution in [0.25, 0.3) is 72.1 Å². The zero-order valence-electron chi connectivity index (χ0n) is 45.1. The fourth-order valence-corrected chi connectivity index (χ4v) is 10.2. The molecule has 9 aromatic carbocycles. The van der Waals surface area contributed by atoms with Gasteiger partial charge >= 0.3 is 0 Å². The fourth-order valence-electron chi connectivity index (χ4n) is 10.2. The molecule has 366 valence electrons. The van der Waals surface area contributed by atoms with E-state index in [2.05, 4.69) is 203 Å². The van der Waals surface area contributed by atoms with E-state index in [1.54, 1.807) is 0 Å². The summed E-state index contributed by atoms with van der Waals surface area (Å²) in [5.41, 5.74) is 15.4. The largest absolute Gasteiger partial charge is 0.509 e. The van der Waals surface area contributed by atoms with Gasteiger partial charge in [-0.3, -0.25) is 0 Å². The van der Waals surface area contributed by atoms with Crippen molar-refractivity contribution >= 4 is 44.6 Å². The first kappa shape index (κ1) is 44.7. The standard InChI is InChI=1S/C68H55N4O.Pt/c1-67(2,3)51-36-34-48(35-37-51)55-29-19-30-56(50-25-17-24-49(40-50)46-20-9-7-10-21-46)66(55)71-45-70(62-32-15-16-33-63(62)71)52-26-18-27-53(41-52)73-54-38-39-58-57-28-13-14-31-61(57)72(64(58)42-54)65-43-60(68(4,5)6)59(44-69-65)47-22-11-8-12-23-47;/h7-40,43-45H,1-6H3;/q-3;/i18D,26D,27D;. The van der Waals surface area contributed by atoms with Gasteiger partial charge in [0.15, 0.2) is 0 Å². The molecular formula is C68H55N4OPt-3. The summed E-state index contributed by atoms with van der Waals surface area (Å²) < 4.78 is 36.7. The van der Waals surface area contributed by atoms with Crippen LogP contribution in [-0.2, 0) is 31.9 Å². The molecule has 0 aliphatic carbocycles. The van der Waals surface area contributed by atoms with E-state index in [4.69, 9.17) is 9.72 Å². The van der Waals surface area contributed by atoms with Gasteiger partial charge in [0, 0.05) is 79.4 Å². The van der Waals surface area contributed by atoms with E-state index in [0.717, 1.165) is 94.8 Å². The number of hydrogen-bond donors (Lipinski definition) is 0. The second kappa shape index (κ2) is 19.5. The van der Waals surface area contributed by atoms with Gasteiger partial charge in [-0.25, -0.2) is 4.98 Å². The molecule has 5 nitrogen and oxygen atoms in total. The van der Waals surface area contributed by atoms with Crippen molar-refractivity contribution in [1.82, 2.24) is 9.55 Å².